The van der Waals surface area contributed by atoms with E-state index in [2.05, 4.69) is 5.32 Å². The van der Waals surface area contributed by atoms with Gasteiger partial charge in [0.1, 0.15) is 0 Å². The van der Waals surface area contributed by atoms with Crippen LogP contribution in [0.25, 0.3) is 0 Å². The van der Waals surface area contributed by atoms with Gasteiger partial charge in [-0.15, -0.1) is 0 Å². The summed E-state index contributed by atoms with van der Waals surface area (Å²) in [7, 11) is 0. The van der Waals surface area contributed by atoms with Gasteiger partial charge < -0.3 is 10.4 Å². The van der Waals surface area contributed by atoms with E-state index in [1.165, 1.54) is 0 Å². The van der Waals surface area contributed by atoms with Crippen molar-refractivity contribution in [2.45, 2.75) is 10.0 Å². The van der Waals surface area contributed by atoms with Crippen LogP contribution in [0.3, 0.4) is 0 Å². The Hall–Kier alpha value is -0.480. The lowest BCUT2D eigenvalue weighted by atomic mass is 10.2. The Morgan fingerprint density at radius 2 is 1.80 bits per heavy atom. The fourth-order valence-corrected chi connectivity index (χ4v) is 1.04. The highest BCUT2D eigenvalue weighted by atomic mass is 35.6. The van der Waals surface area contributed by atoms with E-state index in [1.807, 2.05) is 0 Å². The minimum absolute atomic E-state index is 0.380. The highest BCUT2D eigenvalue weighted by molar-refractivity contribution is 6.68. The molecule has 6 heteroatoms. The van der Waals surface area contributed by atoms with Crippen LogP contribution in [0.1, 0.15) is 10.4 Å². The summed E-state index contributed by atoms with van der Waals surface area (Å²) >= 11 is 16.1. The molecule has 0 radical (unpaired) electrons. The molecule has 1 rings (SSSR count). The molecule has 0 aliphatic carbocycles. The molecule has 0 saturated heterocycles. The number of aliphatic hydroxyl groups is 1. The van der Waals surface area contributed by atoms with E-state index >= 15 is 0 Å². The predicted molar refractivity (Wildman–Crippen MR) is 60.2 cm³/mol. The topological polar surface area (TPSA) is 49.3 Å². The van der Waals surface area contributed by atoms with E-state index in [-0.39, 0.29) is 0 Å². The van der Waals surface area contributed by atoms with Crippen LogP contribution in [0.15, 0.2) is 30.3 Å². The molecule has 1 atom stereocenters. The van der Waals surface area contributed by atoms with E-state index in [0.717, 1.165) is 0 Å². The lowest BCUT2D eigenvalue weighted by molar-refractivity contribution is 0.0792. The van der Waals surface area contributed by atoms with E-state index in [1.54, 1.807) is 30.3 Å². The van der Waals surface area contributed by atoms with Crippen LogP contribution in [0, 0.1) is 0 Å². The first-order valence-electron chi connectivity index (χ1n) is 4.02. The number of carbonyl (C=O) groups excluding carboxylic acids is 1. The van der Waals surface area contributed by atoms with Crippen LogP contribution in [0.5, 0.6) is 0 Å². The van der Waals surface area contributed by atoms with Gasteiger partial charge in [0.05, 0.1) is 0 Å². The SMILES string of the molecule is O=C(NC(O)C(Cl)(Cl)Cl)c1ccccc1. The monoisotopic (exact) mass is 267 g/mol. The van der Waals surface area contributed by atoms with Crippen molar-refractivity contribution >= 4 is 40.7 Å². The van der Waals surface area contributed by atoms with E-state index in [4.69, 9.17) is 34.8 Å². The summed E-state index contributed by atoms with van der Waals surface area (Å²) in [6, 6.07) is 8.32. The number of benzene rings is 1. The third-order valence-electron chi connectivity index (χ3n) is 1.61. The molecule has 0 aliphatic heterocycles. The summed E-state index contributed by atoms with van der Waals surface area (Å²) in [5.74, 6) is -0.505. The first-order chi connectivity index (χ1) is 6.91. The predicted octanol–water partition coefficient (Wildman–Crippen LogP) is 2.10. The Balaban J connectivity index is 2.65. The molecule has 0 saturated carbocycles. The quantitative estimate of drug-likeness (QED) is 0.637. The maximum absolute atomic E-state index is 11.5. The van der Waals surface area contributed by atoms with Crippen LogP contribution < -0.4 is 5.32 Å². The van der Waals surface area contributed by atoms with E-state index in [0.29, 0.717) is 5.56 Å². The minimum atomic E-state index is -1.94. The molecule has 0 bridgehead atoms. The average Bonchev–Trinajstić information content (AvgIpc) is 2.17. The van der Waals surface area contributed by atoms with Gasteiger partial charge in [-0.25, -0.2) is 0 Å². The van der Waals surface area contributed by atoms with Crippen LogP contribution in [-0.2, 0) is 0 Å². The lowest BCUT2D eigenvalue weighted by Crippen LogP contribution is -2.43. The highest BCUT2D eigenvalue weighted by Crippen LogP contribution is 2.28. The number of aliphatic hydroxyl groups excluding tert-OH is 1. The van der Waals surface area contributed by atoms with Crippen LogP contribution in [0.2, 0.25) is 0 Å². The average molecular weight is 269 g/mol. The van der Waals surface area contributed by atoms with Crippen LogP contribution in [0.4, 0.5) is 0 Å². The minimum Gasteiger partial charge on any atom is -0.369 e. The zero-order valence-electron chi connectivity index (χ0n) is 7.45. The zero-order chi connectivity index (χ0) is 11.5. The fourth-order valence-electron chi connectivity index (χ4n) is 0.879. The number of rotatable bonds is 2. The van der Waals surface area contributed by atoms with E-state index in [9.17, 15) is 9.90 Å². The molecule has 0 heterocycles. The van der Waals surface area contributed by atoms with Gasteiger partial charge in [-0.05, 0) is 12.1 Å². The van der Waals surface area contributed by atoms with Gasteiger partial charge in [0.25, 0.3) is 5.91 Å². The standard InChI is InChI=1S/C9H8Cl3NO2/c10-9(11,12)8(15)13-7(14)6-4-2-1-3-5-6/h1-5,8,15H,(H,13,14). The Morgan fingerprint density at radius 3 is 2.27 bits per heavy atom. The number of carbonyl (C=O) groups is 1. The van der Waals surface area contributed by atoms with E-state index < -0.39 is 15.9 Å². The molecule has 0 spiro atoms. The van der Waals surface area contributed by atoms with Gasteiger partial charge in [-0.1, -0.05) is 53.0 Å². The number of amides is 1. The fraction of sp³-hybridized carbons (Fsp3) is 0.222. The summed E-state index contributed by atoms with van der Waals surface area (Å²) in [5.41, 5.74) is 0.380. The first-order valence-corrected chi connectivity index (χ1v) is 5.15. The number of hydrogen-bond acceptors (Lipinski definition) is 2. The number of nitrogens with one attached hydrogen (secondary N) is 1. The Morgan fingerprint density at radius 1 is 1.27 bits per heavy atom. The van der Waals surface area contributed by atoms with Crippen molar-refractivity contribution in [3.63, 3.8) is 0 Å². The largest absolute Gasteiger partial charge is 0.369 e. The molecule has 15 heavy (non-hydrogen) atoms. The normalized spacial score (nSPS) is 13.3. The van der Waals surface area contributed by atoms with Crippen molar-refractivity contribution in [1.29, 1.82) is 0 Å². The molecule has 2 N–H and O–H groups in total. The summed E-state index contributed by atoms with van der Waals surface area (Å²) in [6.07, 6.45) is -1.55. The van der Waals surface area contributed by atoms with Gasteiger partial charge in [-0.3, -0.25) is 4.79 Å². The summed E-state index contributed by atoms with van der Waals surface area (Å²) < 4.78 is -1.94. The highest BCUT2D eigenvalue weighted by Gasteiger charge is 2.32. The molecule has 0 aliphatic rings. The molecule has 3 nitrogen and oxygen atoms in total. The van der Waals surface area contributed by atoms with Crippen molar-refractivity contribution in [3.8, 4) is 0 Å². The van der Waals surface area contributed by atoms with Gasteiger partial charge in [0.2, 0.25) is 3.79 Å². The van der Waals surface area contributed by atoms with Crippen LogP contribution >= 0.6 is 34.8 Å². The van der Waals surface area contributed by atoms with Gasteiger partial charge in [0.15, 0.2) is 6.23 Å². The Bertz CT molecular complexity index is 337. The van der Waals surface area contributed by atoms with Crippen LogP contribution in [-0.4, -0.2) is 21.0 Å². The van der Waals surface area contributed by atoms with Gasteiger partial charge in [0, 0.05) is 5.56 Å². The molecule has 1 amide bonds. The first kappa shape index (κ1) is 12.6. The third kappa shape index (κ3) is 3.87. The third-order valence-corrected chi connectivity index (χ3v) is 2.23. The van der Waals surface area contributed by atoms with Crippen molar-refractivity contribution < 1.29 is 9.90 Å². The second-order valence-corrected chi connectivity index (χ2v) is 5.15. The number of halogens is 3. The second kappa shape index (κ2) is 5.03. The second-order valence-electron chi connectivity index (χ2n) is 2.78. The summed E-state index contributed by atoms with van der Waals surface area (Å²) in [4.78, 5) is 11.5. The zero-order valence-corrected chi connectivity index (χ0v) is 9.72. The number of alkyl halides is 3. The summed E-state index contributed by atoms with van der Waals surface area (Å²) in [6.45, 7) is 0. The number of hydrogen-bond donors (Lipinski definition) is 2. The Kier molecular flexibility index (Phi) is 4.22. The smallest absolute Gasteiger partial charge is 0.253 e. The molecule has 1 aromatic rings. The summed E-state index contributed by atoms with van der Waals surface area (Å²) in [5, 5.41) is 11.4. The van der Waals surface area contributed by atoms with Gasteiger partial charge >= 0.3 is 0 Å². The molecular weight excluding hydrogens is 260 g/mol. The maximum atomic E-state index is 11.5. The molecular formula is C9H8Cl3NO2. The molecule has 0 fully saturated rings. The molecule has 0 aromatic heterocycles. The van der Waals surface area contributed by atoms with Crippen molar-refractivity contribution in [2.75, 3.05) is 0 Å². The Labute approximate surface area is 102 Å². The van der Waals surface area contributed by atoms with Crippen molar-refractivity contribution in [2.24, 2.45) is 0 Å². The van der Waals surface area contributed by atoms with Crippen molar-refractivity contribution in [1.82, 2.24) is 5.32 Å². The molecule has 82 valence electrons. The maximum Gasteiger partial charge on any atom is 0.253 e. The molecule has 1 unspecified atom stereocenters. The van der Waals surface area contributed by atoms with Crippen molar-refractivity contribution in [3.05, 3.63) is 35.9 Å². The van der Waals surface area contributed by atoms with Gasteiger partial charge in [-0.2, -0.15) is 0 Å². The molecule has 1 aromatic carbocycles. The lowest BCUT2D eigenvalue weighted by Gasteiger charge is -2.19.